The van der Waals surface area contributed by atoms with Crippen LogP contribution in [0, 0.1) is 0 Å². The summed E-state index contributed by atoms with van der Waals surface area (Å²) < 4.78 is 16.2. The Morgan fingerprint density at radius 1 is 0.931 bits per heavy atom. The van der Waals surface area contributed by atoms with E-state index in [1.54, 1.807) is 31.6 Å². The van der Waals surface area contributed by atoms with Gasteiger partial charge in [-0.15, -0.1) is 11.3 Å². The Labute approximate surface area is 172 Å². The fraction of sp³-hybridized carbons (Fsp3) is 0.227. The van der Waals surface area contributed by atoms with E-state index in [0.717, 1.165) is 22.4 Å². The summed E-state index contributed by atoms with van der Waals surface area (Å²) in [7, 11) is 3.22. The zero-order valence-corrected chi connectivity index (χ0v) is 16.9. The van der Waals surface area contributed by atoms with Crippen LogP contribution in [0.25, 0.3) is 34.1 Å². The number of aromatic nitrogens is 3. The number of benzene rings is 2. The quantitative estimate of drug-likeness (QED) is 0.426. The van der Waals surface area contributed by atoms with Crippen molar-refractivity contribution in [2.24, 2.45) is 0 Å². The lowest BCUT2D eigenvalue weighted by molar-refractivity contribution is 0.393. The van der Waals surface area contributed by atoms with Crippen LogP contribution in [-0.4, -0.2) is 29.3 Å². The number of methoxy groups -OCH3 is 2. The van der Waals surface area contributed by atoms with E-state index in [0.29, 0.717) is 29.1 Å². The highest BCUT2D eigenvalue weighted by molar-refractivity contribution is 7.10. The van der Waals surface area contributed by atoms with Gasteiger partial charge in [0, 0.05) is 34.1 Å². The van der Waals surface area contributed by atoms with Gasteiger partial charge in [0.15, 0.2) is 0 Å². The molecule has 2 aromatic carbocycles. The van der Waals surface area contributed by atoms with Gasteiger partial charge in [-0.1, -0.05) is 23.4 Å². The van der Waals surface area contributed by atoms with Crippen LogP contribution in [0.1, 0.15) is 23.8 Å². The predicted molar refractivity (Wildman–Crippen MR) is 111 cm³/mol. The molecule has 6 nitrogen and oxygen atoms in total. The number of hydrogen-bond donors (Lipinski definition) is 0. The lowest BCUT2D eigenvalue weighted by Crippen LogP contribution is -1.89. The van der Waals surface area contributed by atoms with Crippen LogP contribution in [0.2, 0.25) is 0 Å². The first-order valence-corrected chi connectivity index (χ1v) is 10.2. The van der Waals surface area contributed by atoms with Gasteiger partial charge in [-0.2, -0.15) is 4.98 Å². The van der Waals surface area contributed by atoms with Gasteiger partial charge in [0.05, 0.1) is 24.9 Å². The molecule has 4 aromatic rings. The Kier molecular flexibility index (Phi) is 4.52. The first-order chi connectivity index (χ1) is 14.2. The van der Waals surface area contributed by atoms with Crippen LogP contribution in [0.4, 0.5) is 0 Å². The summed E-state index contributed by atoms with van der Waals surface area (Å²) in [6.45, 7) is 0. The van der Waals surface area contributed by atoms with E-state index < -0.39 is 0 Å². The molecule has 1 saturated carbocycles. The molecule has 0 radical (unpaired) electrons. The highest BCUT2D eigenvalue weighted by Crippen LogP contribution is 2.42. The monoisotopic (exact) mass is 405 g/mol. The van der Waals surface area contributed by atoms with E-state index in [1.807, 2.05) is 30.3 Å². The molecule has 1 aliphatic carbocycles. The van der Waals surface area contributed by atoms with E-state index in [9.17, 15) is 0 Å². The summed E-state index contributed by atoms with van der Waals surface area (Å²) in [6, 6.07) is 13.5. The highest BCUT2D eigenvalue weighted by atomic mass is 32.1. The van der Waals surface area contributed by atoms with E-state index >= 15 is 0 Å². The molecule has 0 N–H and O–H groups in total. The summed E-state index contributed by atoms with van der Waals surface area (Å²) in [5.74, 6) is 2.93. The van der Waals surface area contributed by atoms with Gasteiger partial charge in [-0.3, -0.25) is 0 Å². The minimum Gasteiger partial charge on any atom is -0.497 e. The van der Waals surface area contributed by atoms with E-state index in [1.165, 1.54) is 17.8 Å². The number of nitrogens with zero attached hydrogens (tertiary/aromatic N) is 3. The maximum absolute atomic E-state index is 5.51. The maximum Gasteiger partial charge on any atom is 0.258 e. The Morgan fingerprint density at radius 3 is 2.41 bits per heavy atom. The minimum absolute atomic E-state index is 0.410. The molecule has 2 aromatic heterocycles. The van der Waals surface area contributed by atoms with Crippen LogP contribution in [0.5, 0.6) is 11.5 Å². The molecule has 0 spiro atoms. The average molecular weight is 405 g/mol. The second-order valence-electron chi connectivity index (χ2n) is 6.95. The van der Waals surface area contributed by atoms with Crippen molar-refractivity contribution in [3.05, 3.63) is 52.9 Å². The molecule has 0 saturated heterocycles. The Balaban J connectivity index is 1.46. The van der Waals surface area contributed by atoms with Crippen molar-refractivity contribution in [1.29, 1.82) is 0 Å². The Morgan fingerprint density at radius 2 is 1.69 bits per heavy atom. The van der Waals surface area contributed by atoms with Crippen LogP contribution in [-0.2, 0) is 0 Å². The van der Waals surface area contributed by atoms with Gasteiger partial charge in [0.25, 0.3) is 5.89 Å². The Bertz CT molecular complexity index is 1140. The van der Waals surface area contributed by atoms with Gasteiger partial charge in [0.2, 0.25) is 5.82 Å². The van der Waals surface area contributed by atoms with E-state index in [4.69, 9.17) is 19.0 Å². The first-order valence-electron chi connectivity index (χ1n) is 9.37. The van der Waals surface area contributed by atoms with Gasteiger partial charge in [-0.25, -0.2) is 4.98 Å². The largest absolute Gasteiger partial charge is 0.497 e. The van der Waals surface area contributed by atoms with E-state index in [2.05, 4.69) is 21.6 Å². The van der Waals surface area contributed by atoms with E-state index in [-0.39, 0.29) is 0 Å². The highest BCUT2D eigenvalue weighted by Gasteiger charge is 2.26. The molecule has 0 bridgehead atoms. The molecule has 5 rings (SSSR count). The topological polar surface area (TPSA) is 70.3 Å². The second kappa shape index (κ2) is 7.33. The van der Waals surface area contributed by atoms with Crippen molar-refractivity contribution in [2.75, 3.05) is 14.2 Å². The molecule has 146 valence electrons. The molecule has 0 amide bonds. The van der Waals surface area contributed by atoms with Crippen LogP contribution < -0.4 is 9.47 Å². The van der Waals surface area contributed by atoms with Crippen molar-refractivity contribution in [3.63, 3.8) is 0 Å². The molecule has 0 unspecified atom stereocenters. The lowest BCUT2D eigenvalue weighted by Gasteiger charge is -2.05. The molecular formula is C22H19N3O3S. The van der Waals surface area contributed by atoms with Crippen molar-refractivity contribution >= 4 is 11.3 Å². The molecule has 0 aliphatic heterocycles. The standard InChI is InChI=1S/C22H19N3O3S/c1-26-17-9-16(10-18(11-17)27-2)21-24-20(25-28-21)15-5-3-4-14(8-15)19-12-29-22(23-19)13-6-7-13/h3-5,8-13H,6-7H2,1-2H3. The lowest BCUT2D eigenvalue weighted by atomic mass is 10.1. The molecule has 1 fully saturated rings. The number of thiazole rings is 1. The van der Waals surface area contributed by atoms with Crippen molar-refractivity contribution in [2.45, 2.75) is 18.8 Å². The van der Waals surface area contributed by atoms with Crippen LogP contribution >= 0.6 is 11.3 Å². The third-order valence-electron chi connectivity index (χ3n) is 4.89. The van der Waals surface area contributed by atoms with Crippen molar-refractivity contribution in [1.82, 2.24) is 15.1 Å². The summed E-state index contributed by atoms with van der Waals surface area (Å²) in [4.78, 5) is 9.37. The van der Waals surface area contributed by atoms with Crippen molar-refractivity contribution in [3.8, 4) is 45.6 Å². The van der Waals surface area contributed by atoms with Crippen LogP contribution in [0.3, 0.4) is 0 Å². The molecule has 2 heterocycles. The van der Waals surface area contributed by atoms with Gasteiger partial charge >= 0.3 is 0 Å². The number of hydrogen-bond acceptors (Lipinski definition) is 7. The summed E-state index contributed by atoms with van der Waals surface area (Å²) in [5.41, 5.74) is 3.68. The average Bonchev–Trinajstić information content (AvgIpc) is 3.29. The fourth-order valence-electron chi connectivity index (χ4n) is 3.14. The van der Waals surface area contributed by atoms with Crippen LogP contribution in [0.15, 0.2) is 52.4 Å². The second-order valence-corrected chi connectivity index (χ2v) is 7.84. The molecule has 29 heavy (non-hydrogen) atoms. The van der Waals surface area contributed by atoms with Crippen molar-refractivity contribution < 1.29 is 14.0 Å². The molecule has 1 aliphatic rings. The number of ether oxygens (including phenoxy) is 2. The molecule has 0 atom stereocenters. The summed E-state index contributed by atoms with van der Waals surface area (Å²) in [6.07, 6.45) is 2.52. The third kappa shape index (κ3) is 3.61. The fourth-order valence-corrected chi connectivity index (χ4v) is 4.14. The van der Waals surface area contributed by atoms with Gasteiger partial charge in [0.1, 0.15) is 11.5 Å². The maximum atomic E-state index is 5.51. The minimum atomic E-state index is 0.410. The predicted octanol–water partition coefficient (Wildman–Crippen LogP) is 5.42. The number of rotatable bonds is 6. The summed E-state index contributed by atoms with van der Waals surface area (Å²) >= 11 is 1.74. The first kappa shape index (κ1) is 17.9. The molecule has 7 heteroatoms. The zero-order chi connectivity index (χ0) is 19.8. The third-order valence-corrected chi connectivity index (χ3v) is 5.90. The SMILES string of the molecule is COc1cc(OC)cc(-c2nc(-c3cccc(-c4csc(C5CC5)n4)c3)no2)c1. The summed E-state index contributed by atoms with van der Waals surface area (Å²) in [5, 5.41) is 7.52. The zero-order valence-electron chi connectivity index (χ0n) is 16.1. The van der Waals surface area contributed by atoms with Gasteiger partial charge < -0.3 is 14.0 Å². The normalized spacial score (nSPS) is 13.4. The smallest absolute Gasteiger partial charge is 0.258 e. The Hall–Kier alpha value is -3.19. The van der Waals surface area contributed by atoms with Gasteiger partial charge in [-0.05, 0) is 31.0 Å². The molecular weight excluding hydrogens is 386 g/mol.